The van der Waals surface area contributed by atoms with E-state index in [1.165, 1.54) is 0 Å². The molecule has 86 valence electrons. The molecule has 0 saturated carbocycles. The Hall–Kier alpha value is -1.85. The zero-order valence-corrected chi connectivity index (χ0v) is 9.73. The maximum absolute atomic E-state index is 4.10. The number of hydrogen-bond acceptors (Lipinski definition) is 4. The van der Waals surface area contributed by atoms with Gasteiger partial charge in [0.25, 0.3) is 0 Å². The van der Waals surface area contributed by atoms with Gasteiger partial charge in [0.15, 0.2) is 0 Å². The van der Waals surface area contributed by atoms with Crippen molar-refractivity contribution in [1.82, 2.24) is 25.2 Å². The minimum absolute atomic E-state index is 0.0269. The van der Waals surface area contributed by atoms with E-state index in [1.807, 2.05) is 10.9 Å². The summed E-state index contributed by atoms with van der Waals surface area (Å²) in [5, 5.41) is 18.0. The molecule has 0 fully saturated rings. The van der Waals surface area contributed by atoms with Crippen LogP contribution in [0.5, 0.6) is 0 Å². The van der Waals surface area contributed by atoms with Crippen LogP contribution >= 0.6 is 0 Å². The molecule has 0 saturated heterocycles. The van der Waals surface area contributed by atoms with Crippen LogP contribution in [-0.2, 0) is 12.1 Å². The number of nitrogens with zero attached hydrogens (tertiary/aromatic N) is 4. The van der Waals surface area contributed by atoms with E-state index < -0.39 is 0 Å². The SMILES string of the molecule is CC(C)(C)n1cc(CNc2cn[nH]c2)nn1. The Morgan fingerprint density at radius 3 is 2.81 bits per heavy atom. The maximum Gasteiger partial charge on any atom is 0.102 e. The fraction of sp³-hybridized carbons (Fsp3) is 0.500. The van der Waals surface area contributed by atoms with Crippen molar-refractivity contribution in [2.75, 3.05) is 5.32 Å². The summed E-state index contributed by atoms with van der Waals surface area (Å²) in [4.78, 5) is 0. The van der Waals surface area contributed by atoms with Gasteiger partial charge in [0.2, 0.25) is 0 Å². The molecule has 2 N–H and O–H groups in total. The normalized spacial score (nSPS) is 11.7. The van der Waals surface area contributed by atoms with E-state index in [9.17, 15) is 0 Å². The van der Waals surface area contributed by atoms with Gasteiger partial charge < -0.3 is 5.32 Å². The van der Waals surface area contributed by atoms with Crippen molar-refractivity contribution < 1.29 is 0 Å². The minimum atomic E-state index is -0.0269. The fourth-order valence-corrected chi connectivity index (χ4v) is 1.25. The van der Waals surface area contributed by atoms with E-state index in [1.54, 1.807) is 12.4 Å². The molecule has 0 bridgehead atoms. The first-order valence-electron chi connectivity index (χ1n) is 5.20. The Bertz CT molecular complexity index is 436. The first-order valence-corrected chi connectivity index (χ1v) is 5.20. The average molecular weight is 220 g/mol. The van der Waals surface area contributed by atoms with Crippen molar-refractivity contribution in [1.29, 1.82) is 0 Å². The molecule has 0 radical (unpaired) electrons. The van der Waals surface area contributed by atoms with Crippen LogP contribution in [0.25, 0.3) is 0 Å². The summed E-state index contributed by atoms with van der Waals surface area (Å²) < 4.78 is 1.86. The molecule has 0 aliphatic carbocycles. The Morgan fingerprint density at radius 2 is 2.25 bits per heavy atom. The third-order valence-corrected chi connectivity index (χ3v) is 2.20. The second-order valence-electron chi connectivity index (χ2n) is 4.67. The molecule has 0 spiro atoms. The van der Waals surface area contributed by atoms with Crippen molar-refractivity contribution in [3.63, 3.8) is 0 Å². The molecule has 0 aliphatic rings. The van der Waals surface area contributed by atoms with Crippen molar-refractivity contribution in [2.45, 2.75) is 32.9 Å². The van der Waals surface area contributed by atoms with Crippen LogP contribution in [0, 0.1) is 0 Å². The molecule has 6 heteroatoms. The predicted octanol–water partition coefficient (Wildman–Crippen LogP) is 1.37. The molecule has 2 heterocycles. The Kier molecular flexibility index (Phi) is 2.64. The Balaban J connectivity index is 1.98. The number of aromatic amines is 1. The highest BCUT2D eigenvalue weighted by Gasteiger charge is 2.14. The highest BCUT2D eigenvalue weighted by atomic mass is 15.4. The van der Waals surface area contributed by atoms with Gasteiger partial charge in [-0.15, -0.1) is 5.10 Å². The van der Waals surface area contributed by atoms with Gasteiger partial charge >= 0.3 is 0 Å². The lowest BCUT2D eigenvalue weighted by Crippen LogP contribution is -2.22. The summed E-state index contributed by atoms with van der Waals surface area (Å²) in [6.07, 6.45) is 5.48. The summed E-state index contributed by atoms with van der Waals surface area (Å²) in [5.74, 6) is 0. The first kappa shape index (κ1) is 10.7. The predicted molar refractivity (Wildman–Crippen MR) is 60.9 cm³/mol. The van der Waals surface area contributed by atoms with Crippen LogP contribution in [0.1, 0.15) is 26.5 Å². The van der Waals surface area contributed by atoms with Gasteiger partial charge in [0, 0.05) is 6.20 Å². The van der Waals surface area contributed by atoms with E-state index >= 15 is 0 Å². The molecule has 2 aromatic rings. The van der Waals surface area contributed by atoms with Crippen LogP contribution in [0.2, 0.25) is 0 Å². The lowest BCUT2D eigenvalue weighted by atomic mass is 10.1. The topological polar surface area (TPSA) is 71.4 Å². The van der Waals surface area contributed by atoms with Crippen molar-refractivity contribution in [3.05, 3.63) is 24.3 Å². The van der Waals surface area contributed by atoms with Crippen LogP contribution in [0.15, 0.2) is 18.6 Å². The molecule has 0 aromatic carbocycles. The van der Waals surface area contributed by atoms with E-state index in [0.717, 1.165) is 11.4 Å². The molecular weight excluding hydrogens is 204 g/mol. The van der Waals surface area contributed by atoms with Crippen molar-refractivity contribution in [3.8, 4) is 0 Å². The molecule has 0 atom stereocenters. The van der Waals surface area contributed by atoms with Gasteiger partial charge in [-0.3, -0.25) is 5.10 Å². The zero-order valence-electron chi connectivity index (χ0n) is 9.73. The van der Waals surface area contributed by atoms with Crippen LogP contribution in [-0.4, -0.2) is 25.2 Å². The van der Waals surface area contributed by atoms with Crippen LogP contribution < -0.4 is 5.32 Å². The number of aromatic nitrogens is 5. The number of rotatable bonds is 3. The number of nitrogens with one attached hydrogen (secondary N) is 2. The number of H-pyrrole nitrogens is 1. The number of anilines is 1. The van der Waals surface area contributed by atoms with Crippen LogP contribution in [0.4, 0.5) is 5.69 Å². The summed E-state index contributed by atoms with van der Waals surface area (Å²) >= 11 is 0. The summed E-state index contributed by atoms with van der Waals surface area (Å²) in [5.41, 5.74) is 1.84. The quantitative estimate of drug-likeness (QED) is 0.819. The van der Waals surface area contributed by atoms with E-state index in [0.29, 0.717) is 6.54 Å². The first-order chi connectivity index (χ1) is 7.55. The smallest absolute Gasteiger partial charge is 0.102 e. The Morgan fingerprint density at radius 1 is 1.44 bits per heavy atom. The van der Waals surface area contributed by atoms with Gasteiger partial charge in [0.1, 0.15) is 5.69 Å². The van der Waals surface area contributed by atoms with Gasteiger partial charge in [-0.05, 0) is 20.8 Å². The largest absolute Gasteiger partial charge is 0.377 e. The third-order valence-electron chi connectivity index (χ3n) is 2.20. The standard InChI is InChI=1S/C10H16N6/c1-10(2,3)16-7-9(14-15-16)4-11-8-5-12-13-6-8/h5-7,11H,4H2,1-3H3,(H,12,13). The fourth-order valence-electron chi connectivity index (χ4n) is 1.25. The van der Waals surface area contributed by atoms with E-state index in [-0.39, 0.29) is 5.54 Å². The van der Waals surface area contributed by atoms with E-state index in [2.05, 4.69) is 46.6 Å². The third kappa shape index (κ3) is 2.39. The lowest BCUT2D eigenvalue weighted by molar-refractivity contribution is 0.347. The van der Waals surface area contributed by atoms with Crippen molar-refractivity contribution >= 4 is 5.69 Å². The molecule has 0 amide bonds. The highest BCUT2D eigenvalue weighted by molar-refractivity contribution is 5.37. The average Bonchev–Trinajstić information content (AvgIpc) is 2.85. The molecular formula is C10H16N6. The molecule has 2 aromatic heterocycles. The van der Waals surface area contributed by atoms with Gasteiger partial charge in [-0.1, -0.05) is 5.21 Å². The van der Waals surface area contributed by atoms with Gasteiger partial charge in [0.05, 0.1) is 30.2 Å². The molecule has 2 rings (SSSR count). The highest BCUT2D eigenvalue weighted by Crippen LogP contribution is 2.12. The lowest BCUT2D eigenvalue weighted by Gasteiger charge is -2.17. The van der Waals surface area contributed by atoms with Crippen LogP contribution in [0.3, 0.4) is 0 Å². The second-order valence-corrected chi connectivity index (χ2v) is 4.67. The molecule has 0 unspecified atom stereocenters. The Labute approximate surface area is 94.1 Å². The summed E-state index contributed by atoms with van der Waals surface area (Å²) in [6.45, 7) is 6.93. The molecule has 6 nitrogen and oxygen atoms in total. The molecule has 16 heavy (non-hydrogen) atoms. The van der Waals surface area contributed by atoms with E-state index in [4.69, 9.17) is 0 Å². The zero-order chi connectivity index (χ0) is 11.6. The summed E-state index contributed by atoms with van der Waals surface area (Å²) in [6, 6.07) is 0. The maximum atomic E-state index is 4.10. The number of hydrogen-bond donors (Lipinski definition) is 2. The van der Waals surface area contributed by atoms with Crippen molar-refractivity contribution in [2.24, 2.45) is 0 Å². The summed E-state index contributed by atoms with van der Waals surface area (Å²) in [7, 11) is 0. The van der Waals surface area contributed by atoms with Gasteiger partial charge in [-0.2, -0.15) is 5.10 Å². The monoisotopic (exact) mass is 220 g/mol. The minimum Gasteiger partial charge on any atom is -0.377 e. The second kappa shape index (κ2) is 3.96. The van der Waals surface area contributed by atoms with Gasteiger partial charge in [-0.25, -0.2) is 4.68 Å². The molecule has 0 aliphatic heterocycles.